The third kappa shape index (κ3) is 3.51. The standard InChI is InChI=1S/C13H11IN2O5/c1-7-10(13(17)18)5-9(21-7)6-15-11-3-2-8(14)4-12(11)16(19)20/h2-5,15H,6H2,1H3,(H,17,18). The second-order valence-electron chi connectivity index (χ2n) is 4.26. The molecule has 0 atom stereocenters. The first-order valence-electron chi connectivity index (χ1n) is 5.89. The second kappa shape index (κ2) is 6.12. The molecule has 0 radical (unpaired) electrons. The average Bonchev–Trinajstić information content (AvgIpc) is 2.78. The van der Waals surface area contributed by atoms with Crippen LogP contribution in [0.15, 0.2) is 28.7 Å². The molecule has 0 amide bonds. The molecule has 21 heavy (non-hydrogen) atoms. The first-order chi connectivity index (χ1) is 9.88. The van der Waals surface area contributed by atoms with Crippen molar-refractivity contribution in [1.82, 2.24) is 0 Å². The topological polar surface area (TPSA) is 106 Å². The predicted molar refractivity (Wildman–Crippen MR) is 83.5 cm³/mol. The van der Waals surface area contributed by atoms with Gasteiger partial charge in [0.15, 0.2) is 0 Å². The van der Waals surface area contributed by atoms with E-state index in [1.165, 1.54) is 12.1 Å². The van der Waals surface area contributed by atoms with Gasteiger partial charge < -0.3 is 14.8 Å². The molecule has 1 aromatic heterocycles. The summed E-state index contributed by atoms with van der Waals surface area (Å²) < 4.78 is 6.06. The molecule has 8 heteroatoms. The Morgan fingerprint density at radius 2 is 2.19 bits per heavy atom. The molecule has 0 saturated carbocycles. The van der Waals surface area contributed by atoms with Crippen LogP contribution in [0.3, 0.4) is 0 Å². The minimum atomic E-state index is -1.07. The molecule has 0 saturated heterocycles. The lowest BCUT2D eigenvalue weighted by molar-refractivity contribution is -0.384. The van der Waals surface area contributed by atoms with Crippen LogP contribution >= 0.6 is 22.6 Å². The third-order valence-corrected chi connectivity index (χ3v) is 3.48. The minimum absolute atomic E-state index is 0.0383. The van der Waals surface area contributed by atoms with E-state index in [-0.39, 0.29) is 17.8 Å². The van der Waals surface area contributed by atoms with Crippen molar-refractivity contribution >= 4 is 39.9 Å². The van der Waals surface area contributed by atoms with Crippen LogP contribution in [0.4, 0.5) is 11.4 Å². The number of carbonyl (C=O) groups is 1. The molecule has 0 fully saturated rings. The van der Waals surface area contributed by atoms with Crippen molar-refractivity contribution in [1.29, 1.82) is 0 Å². The summed E-state index contributed by atoms with van der Waals surface area (Å²) in [5.41, 5.74) is 0.402. The zero-order valence-corrected chi connectivity index (χ0v) is 13.1. The van der Waals surface area contributed by atoms with Crippen molar-refractivity contribution in [3.63, 3.8) is 0 Å². The number of halogens is 1. The number of anilines is 1. The first-order valence-corrected chi connectivity index (χ1v) is 6.96. The number of furan rings is 1. The maximum Gasteiger partial charge on any atom is 0.339 e. The predicted octanol–water partition coefficient (Wildman–Crippen LogP) is 3.41. The third-order valence-electron chi connectivity index (χ3n) is 2.81. The quantitative estimate of drug-likeness (QED) is 0.451. The summed E-state index contributed by atoms with van der Waals surface area (Å²) in [4.78, 5) is 21.4. The van der Waals surface area contributed by atoms with Gasteiger partial charge in [0.25, 0.3) is 5.69 Å². The molecule has 0 aliphatic rings. The summed E-state index contributed by atoms with van der Waals surface area (Å²) in [6, 6.07) is 6.21. The Labute approximate surface area is 133 Å². The van der Waals surface area contributed by atoms with E-state index in [1.54, 1.807) is 19.1 Å². The molecule has 0 aliphatic carbocycles. The molecule has 0 unspecified atom stereocenters. The van der Waals surface area contributed by atoms with E-state index in [0.717, 1.165) is 3.57 Å². The minimum Gasteiger partial charge on any atom is -0.478 e. The molecule has 2 rings (SSSR count). The zero-order valence-electron chi connectivity index (χ0n) is 10.9. The summed E-state index contributed by atoms with van der Waals surface area (Å²) >= 11 is 1.99. The number of aryl methyl sites for hydroxylation is 1. The summed E-state index contributed by atoms with van der Waals surface area (Å²) in [5.74, 6) is -0.364. The van der Waals surface area contributed by atoms with Gasteiger partial charge in [-0.25, -0.2) is 4.79 Å². The van der Waals surface area contributed by atoms with Crippen LogP contribution in [0.25, 0.3) is 0 Å². The summed E-state index contributed by atoms with van der Waals surface area (Å²) in [7, 11) is 0. The van der Waals surface area contributed by atoms with Crippen LogP contribution in [0.2, 0.25) is 0 Å². The SMILES string of the molecule is Cc1oc(CNc2ccc(I)cc2[N+](=O)[O-])cc1C(=O)O. The number of nitrogens with zero attached hydrogens (tertiary/aromatic N) is 1. The normalized spacial score (nSPS) is 10.4. The smallest absolute Gasteiger partial charge is 0.339 e. The van der Waals surface area contributed by atoms with E-state index >= 15 is 0 Å². The Balaban J connectivity index is 2.19. The van der Waals surface area contributed by atoms with Crippen LogP contribution in [-0.2, 0) is 6.54 Å². The second-order valence-corrected chi connectivity index (χ2v) is 5.51. The van der Waals surface area contributed by atoms with E-state index < -0.39 is 10.9 Å². The first kappa shape index (κ1) is 15.3. The van der Waals surface area contributed by atoms with Gasteiger partial charge in [-0.1, -0.05) is 0 Å². The molecule has 1 aromatic carbocycles. The van der Waals surface area contributed by atoms with Crippen molar-refractivity contribution in [3.8, 4) is 0 Å². The highest BCUT2D eigenvalue weighted by molar-refractivity contribution is 14.1. The number of nitrogens with one attached hydrogen (secondary N) is 1. The van der Waals surface area contributed by atoms with E-state index in [2.05, 4.69) is 5.32 Å². The molecule has 0 aliphatic heterocycles. The number of hydrogen-bond donors (Lipinski definition) is 2. The monoisotopic (exact) mass is 402 g/mol. The Hall–Kier alpha value is -2.10. The Morgan fingerprint density at radius 3 is 2.76 bits per heavy atom. The fourth-order valence-corrected chi connectivity index (χ4v) is 2.31. The number of rotatable bonds is 5. The van der Waals surface area contributed by atoms with Gasteiger partial charge in [0.2, 0.25) is 0 Å². The molecule has 0 bridgehead atoms. The molecule has 1 heterocycles. The summed E-state index contributed by atoms with van der Waals surface area (Å²) in [6.45, 7) is 1.72. The molecular weight excluding hydrogens is 391 g/mol. The number of carboxylic acid groups (broad SMARTS) is 1. The van der Waals surface area contributed by atoms with Crippen LogP contribution in [0.5, 0.6) is 0 Å². The Kier molecular flexibility index (Phi) is 4.46. The van der Waals surface area contributed by atoms with E-state index in [1.807, 2.05) is 22.6 Å². The molecular formula is C13H11IN2O5. The highest BCUT2D eigenvalue weighted by atomic mass is 127. The van der Waals surface area contributed by atoms with Gasteiger partial charge in [-0.15, -0.1) is 0 Å². The van der Waals surface area contributed by atoms with Gasteiger partial charge >= 0.3 is 5.97 Å². The Bertz CT molecular complexity index is 711. The molecule has 7 nitrogen and oxygen atoms in total. The molecule has 2 aromatic rings. The van der Waals surface area contributed by atoms with Gasteiger partial charge in [0.05, 0.1) is 11.5 Å². The number of carboxylic acids is 1. The van der Waals surface area contributed by atoms with Crippen LogP contribution < -0.4 is 5.32 Å². The largest absolute Gasteiger partial charge is 0.478 e. The van der Waals surface area contributed by atoms with Crippen LogP contribution in [-0.4, -0.2) is 16.0 Å². The lowest BCUT2D eigenvalue weighted by Crippen LogP contribution is -2.02. The number of nitro benzene ring substituents is 1. The van der Waals surface area contributed by atoms with Crippen molar-refractivity contribution < 1.29 is 19.2 Å². The lowest BCUT2D eigenvalue weighted by Gasteiger charge is -2.05. The number of nitro groups is 1. The van der Waals surface area contributed by atoms with E-state index in [4.69, 9.17) is 9.52 Å². The van der Waals surface area contributed by atoms with Gasteiger partial charge in [-0.2, -0.15) is 0 Å². The zero-order chi connectivity index (χ0) is 15.6. The number of hydrogen-bond acceptors (Lipinski definition) is 5. The highest BCUT2D eigenvalue weighted by Gasteiger charge is 2.16. The van der Waals surface area contributed by atoms with Crippen LogP contribution in [0, 0.1) is 20.6 Å². The van der Waals surface area contributed by atoms with Crippen molar-refractivity contribution in [2.75, 3.05) is 5.32 Å². The summed E-state index contributed by atoms with van der Waals surface area (Å²) in [5, 5.41) is 22.8. The number of benzene rings is 1. The van der Waals surface area contributed by atoms with Crippen molar-refractivity contribution in [2.45, 2.75) is 13.5 Å². The Morgan fingerprint density at radius 1 is 1.48 bits per heavy atom. The van der Waals surface area contributed by atoms with Crippen molar-refractivity contribution in [3.05, 3.63) is 55.0 Å². The van der Waals surface area contributed by atoms with Crippen molar-refractivity contribution in [2.24, 2.45) is 0 Å². The van der Waals surface area contributed by atoms with Gasteiger partial charge in [-0.05, 0) is 47.7 Å². The molecule has 2 N–H and O–H groups in total. The van der Waals surface area contributed by atoms with Gasteiger partial charge in [-0.3, -0.25) is 10.1 Å². The fourth-order valence-electron chi connectivity index (χ4n) is 1.83. The lowest BCUT2D eigenvalue weighted by atomic mass is 10.2. The average molecular weight is 402 g/mol. The number of aromatic carboxylic acids is 1. The molecule has 0 spiro atoms. The molecule has 110 valence electrons. The fraction of sp³-hybridized carbons (Fsp3) is 0.154. The summed E-state index contributed by atoms with van der Waals surface area (Å²) in [6.07, 6.45) is 0. The van der Waals surface area contributed by atoms with Crippen LogP contribution in [0.1, 0.15) is 21.9 Å². The van der Waals surface area contributed by atoms with Gasteiger partial charge in [0, 0.05) is 9.64 Å². The maximum absolute atomic E-state index is 11.0. The van der Waals surface area contributed by atoms with E-state index in [9.17, 15) is 14.9 Å². The highest BCUT2D eigenvalue weighted by Crippen LogP contribution is 2.27. The van der Waals surface area contributed by atoms with E-state index in [0.29, 0.717) is 17.2 Å². The maximum atomic E-state index is 11.0. The van der Waals surface area contributed by atoms with Gasteiger partial charge in [0.1, 0.15) is 22.8 Å².